The van der Waals surface area contributed by atoms with Gasteiger partial charge in [-0.1, -0.05) is 19.1 Å². The summed E-state index contributed by atoms with van der Waals surface area (Å²) in [6, 6.07) is 5.46. The van der Waals surface area contributed by atoms with Crippen LogP contribution in [0.25, 0.3) is 0 Å². The van der Waals surface area contributed by atoms with Crippen LogP contribution in [0.3, 0.4) is 0 Å². The van der Waals surface area contributed by atoms with E-state index in [1.165, 1.54) is 0 Å². The number of carbonyl (C=O) groups is 1. The summed E-state index contributed by atoms with van der Waals surface area (Å²) < 4.78 is 5.77. The van der Waals surface area contributed by atoms with E-state index in [1.54, 1.807) is 13.0 Å². The quantitative estimate of drug-likeness (QED) is 0.769. The van der Waals surface area contributed by atoms with E-state index < -0.39 is 5.54 Å². The smallest absolute Gasteiger partial charge is 0.255 e. The van der Waals surface area contributed by atoms with Crippen LogP contribution in [0.15, 0.2) is 18.2 Å². The molecule has 5 nitrogen and oxygen atoms in total. The van der Waals surface area contributed by atoms with Crippen LogP contribution >= 0.6 is 0 Å². The number of para-hydroxylation sites is 1. The molecule has 5 heteroatoms. The van der Waals surface area contributed by atoms with Crippen molar-refractivity contribution in [3.05, 3.63) is 29.3 Å². The van der Waals surface area contributed by atoms with Crippen molar-refractivity contribution in [2.24, 2.45) is 0 Å². The summed E-state index contributed by atoms with van der Waals surface area (Å²) in [4.78, 5) is 12.3. The Balaban J connectivity index is 2.29. The Kier molecular flexibility index (Phi) is 4.01. The molecule has 0 spiro atoms. The summed E-state index contributed by atoms with van der Waals surface area (Å²) in [7, 11) is 0. The molecule has 1 amide bonds. The number of amides is 1. The molecule has 0 saturated carbocycles. The highest BCUT2D eigenvalue weighted by Gasteiger charge is 2.33. The van der Waals surface area contributed by atoms with Crippen LogP contribution < -0.4 is 10.1 Å². The van der Waals surface area contributed by atoms with Gasteiger partial charge in [0.05, 0.1) is 24.3 Å². The predicted molar refractivity (Wildman–Crippen MR) is 75.0 cm³/mol. The summed E-state index contributed by atoms with van der Waals surface area (Å²) in [6.45, 7) is 4.94. The zero-order valence-electron chi connectivity index (χ0n) is 12.0. The van der Waals surface area contributed by atoms with Crippen LogP contribution in [0.4, 0.5) is 0 Å². The number of nitrogens with one attached hydrogen (secondary N) is 1. The Morgan fingerprint density at radius 1 is 1.35 bits per heavy atom. The van der Waals surface area contributed by atoms with Gasteiger partial charge in [-0.2, -0.15) is 0 Å². The van der Waals surface area contributed by atoms with Gasteiger partial charge in [0.2, 0.25) is 0 Å². The van der Waals surface area contributed by atoms with Crippen molar-refractivity contribution in [2.45, 2.75) is 38.3 Å². The molecule has 3 N–H and O–H groups in total. The van der Waals surface area contributed by atoms with Gasteiger partial charge in [0.15, 0.2) is 0 Å². The summed E-state index contributed by atoms with van der Waals surface area (Å²) in [5, 5.41) is 21.2. The lowest BCUT2D eigenvalue weighted by Crippen LogP contribution is -2.51. The molecule has 1 aromatic carbocycles. The molecule has 2 unspecified atom stereocenters. The van der Waals surface area contributed by atoms with E-state index in [0.717, 1.165) is 5.56 Å². The van der Waals surface area contributed by atoms with Crippen molar-refractivity contribution >= 4 is 5.91 Å². The Labute approximate surface area is 118 Å². The molecule has 0 radical (unpaired) electrons. The number of hydrogen-bond donors (Lipinski definition) is 3. The van der Waals surface area contributed by atoms with E-state index in [-0.39, 0.29) is 31.1 Å². The predicted octanol–water partition coefficient (Wildman–Crippen LogP) is 1.04. The Morgan fingerprint density at radius 3 is 2.60 bits per heavy atom. The van der Waals surface area contributed by atoms with Crippen LogP contribution in [-0.4, -0.2) is 41.0 Å². The van der Waals surface area contributed by atoms with Gasteiger partial charge in [-0.25, -0.2) is 0 Å². The van der Waals surface area contributed by atoms with Crippen LogP contribution in [0.5, 0.6) is 5.75 Å². The van der Waals surface area contributed by atoms with Gasteiger partial charge < -0.3 is 20.3 Å². The van der Waals surface area contributed by atoms with Crippen molar-refractivity contribution in [3.63, 3.8) is 0 Å². The fourth-order valence-corrected chi connectivity index (χ4v) is 2.24. The highest BCUT2D eigenvalue weighted by molar-refractivity contribution is 5.98. The van der Waals surface area contributed by atoms with E-state index in [4.69, 9.17) is 4.74 Å². The van der Waals surface area contributed by atoms with Crippen molar-refractivity contribution in [3.8, 4) is 5.75 Å². The number of hydrogen-bond acceptors (Lipinski definition) is 4. The topological polar surface area (TPSA) is 78.8 Å². The average molecular weight is 279 g/mol. The third kappa shape index (κ3) is 2.51. The lowest BCUT2D eigenvalue weighted by atomic mass is 9.96. The third-order valence-electron chi connectivity index (χ3n) is 3.90. The van der Waals surface area contributed by atoms with Crippen molar-refractivity contribution in [1.29, 1.82) is 0 Å². The van der Waals surface area contributed by atoms with Crippen LogP contribution in [0.1, 0.15) is 42.6 Å². The highest BCUT2D eigenvalue weighted by atomic mass is 16.5. The average Bonchev–Trinajstić information content (AvgIpc) is 2.74. The molecule has 2 rings (SSSR count). The standard InChI is InChI=1S/C15H21NO4/c1-9-10(2)20-13-11(9)5-4-6-12(13)14(19)16-15(3,7-17)8-18/h4-6,9-10,17-18H,7-8H2,1-3H3,(H,16,19). The number of fused-ring (bicyclic) bond motifs is 1. The Bertz CT molecular complexity index is 511. The van der Waals surface area contributed by atoms with E-state index in [0.29, 0.717) is 11.3 Å². The molecule has 2 atom stereocenters. The molecule has 0 aromatic heterocycles. The number of ether oxygens (including phenoxy) is 1. The zero-order valence-corrected chi connectivity index (χ0v) is 12.0. The van der Waals surface area contributed by atoms with Crippen LogP contribution in [0.2, 0.25) is 0 Å². The first-order valence-electron chi connectivity index (χ1n) is 6.75. The maximum absolute atomic E-state index is 12.3. The Hall–Kier alpha value is -1.59. The highest BCUT2D eigenvalue weighted by Crippen LogP contribution is 2.40. The zero-order chi connectivity index (χ0) is 14.9. The number of benzene rings is 1. The monoisotopic (exact) mass is 279 g/mol. The fraction of sp³-hybridized carbons (Fsp3) is 0.533. The minimum absolute atomic E-state index is 0.0287. The molecule has 1 aliphatic heterocycles. The number of aliphatic hydroxyl groups is 2. The van der Waals surface area contributed by atoms with E-state index in [2.05, 4.69) is 12.2 Å². The fourth-order valence-electron chi connectivity index (χ4n) is 2.24. The molecule has 0 bridgehead atoms. The first-order chi connectivity index (χ1) is 9.41. The number of rotatable bonds is 4. The van der Waals surface area contributed by atoms with Gasteiger partial charge >= 0.3 is 0 Å². The van der Waals surface area contributed by atoms with Crippen LogP contribution in [-0.2, 0) is 0 Å². The minimum atomic E-state index is -1.05. The molecule has 0 saturated heterocycles. The van der Waals surface area contributed by atoms with Crippen molar-refractivity contribution < 1.29 is 19.7 Å². The van der Waals surface area contributed by atoms with E-state index >= 15 is 0 Å². The maximum Gasteiger partial charge on any atom is 0.255 e. The molecular formula is C15H21NO4. The largest absolute Gasteiger partial charge is 0.489 e. The molecule has 20 heavy (non-hydrogen) atoms. The first-order valence-corrected chi connectivity index (χ1v) is 6.75. The van der Waals surface area contributed by atoms with Crippen LogP contribution in [0, 0.1) is 0 Å². The summed E-state index contributed by atoms with van der Waals surface area (Å²) in [6.07, 6.45) is 0.0287. The molecular weight excluding hydrogens is 258 g/mol. The van der Waals surface area contributed by atoms with Gasteiger partial charge in [-0.15, -0.1) is 0 Å². The van der Waals surface area contributed by atoms with Crippen molar-refractivity contribution in [1.82, 2.24) is 5.32 Å². The minimum Gasteiger partial charge on any atom is -0.489 e. The molecule has 0 aliphatic carbocycles. The van der Waals surface area contributed by atoms with Gasteiger partial charge in [-0.3, -0.25) is 4.79 Å². The third-order valence-corrected chi connectivity index (χ3v) is 3.90. The van der Waals surface area contributed by atoms with Gasteiger partial charge in [-0.05, 0) is 19.9 Å². The lowest BCUT2D eigenvalue weighted by Gasteiger charge is -2.26. The SMILES string of the molecule is CC1Oc2c(C(=O)NC(C)(CO)CO)cccc2C1C. The summed E-state index contributed by atoms with van der Waals surface area (Å²) in [5.74, 6) is 0.483. The molecule has 1 heterocycles. The number of aliphatic hydroxyl groups excluding tert-OH is 2. The Morgan fingerprint density at radius 2 is 2.00 bits per heavy atom. The normalized spacial score (nSPS) is 21.2. The summed E-state index contributed by atoms with van der Waals surface area (Å²) in [5.41, 5.74) is 0.405. The van der Waals surface area contributed by atoms with Gasteiger partial charge in [0.25, 0.3) is 5.91 Å². The van der Waals surface area contributed by atoms with Gasteiger partial charge in [0.1, 0.15) is 11.9 Å². The molecule has 1 aliphatic rings. The second-order valence-corrected chi connectivity index (χ2v) is 5.67. The maximum atomic E-state index is 12.3. The van der Waals surface area contributed by atoms with Gasteiger partial charge in [0, 0.05) is 11.5 Å². The van der Waals surface area contributed by atoms with E-state index in [1.807, 2.05) is 19.1 Å². The van der Waals surface area contributed by atoms with E-state index in [9.17, 15) is 15.0 Å². The lowest BCUT2D eigenvalue weighted by molar-refractivity contribution is 0.0720. The molecule has 1 aromatic rings. The first kappa shape index (κ1) is 14.8. The molecule has 110 valence electrons. The summed E-state index contributed by atoms with van der Waals surface area (Å²) >= 11 is 0. The second kappa shape index (κ2) is 5.42. The molecule has 0 fully saturated rings. The van der Waals surface area contributed by atoms with Crippen molar-refractivity contribution in [2.75, 3.05) is 13.2 Å². The second-order valence-electron chi connectivity index (χ2n) is 5.67. The number of carbonyl (C=O) groups excluding carboxylic acids is 1.